The first-order valence-electron chi connectivity index (χ1n) is 4.62. The van der Waals surface area contributed by atoms with E-state index in [0.29, 0.717) is 16.7 Å². The van der Waals surface area contributed by atoms with Crippen LogP contribution in [0.4, 0.5) is 6.01 Å². The molecule has 0 fully saturated rings. The maximum Gasteiger partial charge on any atom is 0.312 e. The zero-order valence-electron chi connectivity index (χ0n) is 8.61. The summed E-state index contributed by atoms with van der Waals surface area (Å²) in [5, 5.41) is 7.73. The average Bonchev–Trinajstić information content (AvgIpc) is 2.63. The van der Waals surface area contributed by atoms with Gasteiger partial charge in [0.05, 0.1) is 5.02 Å². The number of anilines is 1. The molecule has 0 aliphatic carbocycles. The summed E-state index contributed by atoms with van der Waals surface area (Å²) in [7, 11) is 0. The zero-order valence-corrected chi connectivity index (χ0v) is 9.36. The third-order valence-electron chi connectivity index (χ3n) is 1.92. The van der Waals surface area contributed by atoms with Gasteiger partial charge in [0, 0.05) is 0 Å². The molecule has 1 heterocycles. The van der Waals surface area contributed by atoms with E-state index >= 15 is 0 Å². The average molecular weight is 240 g/mol. The highest BCUT2D eigenvalue weighted by atomic mass is 35.5. The van der Waals surface area contributed by atoms with Crippen molar-refractivity contribution >= 4 is 17.6 Å². The number of ether oxygens (including phenoxy) is 1. The molecule has 1 aromatic carbocycles. The number of hydrogen-bond donors (Lipinski definition) is 1. The lowest BCUT2D eigenvalue weighted by Crippen LogP contribution is -1.96. The van der Waals surface area contributed by atoms with Crippen LogP contribution in [0.2, 0.25) is 5.02 Å². The fourth-order valence-electron chi connectivity index (χ4n) is 1.19. The van der Waals surface area contributed by atoms with E-state index in [0.717, 1.165) is 5.56 Å². The van der Waals surface area contributed by atoms with Crippen LogP contribution in [0.5, 0.6) is 5.75 Å². The van der Waals surface area contributed by atoms with Crippen LogP contribution in [0, 0.1) is 6.92 Å². The zero-order chi connectivity index (χ0) is 11.5. The first-order valence-corrected chi connectivity index (χ1v) is 5.00. The third kappa shape index (κ3) is 2.43. The van der Waals surface area contributed by atoms with Crippen molar-refractivity contribution in [3.63, 3.8) is 0 Å². The molecule has 0 saturated heterocycles. The van der Waals surface area contributed by atoms with Gasteiger partial charge < -0.3 is 14.9 Å². The van der Waals surface area contributed by atoms with Crippen molar-refractivity contribution in [3.05, 3.63) is 34.7 Å². The van der Waals surface area contributed by atoms with Gasteiger partial charge in [0.2, 0.25) is 0 Å². The summed E-state index contributed by atoms with van der Waals surface area (Å²) in [4.78, 5) is 0. The Morgan fingerprint density at radius 1 is 1.44 bits per heavy atom. The highest BCUT2D eigenvalue weighted by Gasteiger charge is 2.06. The van der Waals surface area contributed by atoms with Gasteiger partial charge in [-0.1, -0.05) is 22.8 Å². The van der Waals surface area contributed by atoms with Gasteiger partial charge in [0.25, 0.3) is 5.89 Å². The number of hydrogen-bond acceptors (Lipinski definition) is 5. The second kappa shape index (κ2) is 4.40. The van der Waals surface area contributed by atoms with E-state index < -0.39 is 0 Å². The molecule has 0 saturated carbocycles. The van der Waals surface area contributed by atoms with Gasteiger partial charge in [0.15, 0.2) is 6.61 Å². The lowest BCUT2D eigenvalue weighted by molar-refractivity contribution is 0.265. The molecule has 0 unspecified atom stereocenters. The van der Waals surface area contributed by atoms with Crippen molar-refractivity contribution in [1.82, 2.24) is 10.2 Å². The van der Waals surface area contributed by atoms with E-state index in [1.807, 2.05) is 19.1 Å². The van der Waals surface area contributed by atoms with Gasteiger partial charge in [0.1, 0.15) is 5.75 Å². The molecule has 1 aromatic heterocycles. The highest BCUT2D eigenvalue weighted by Crippen LogP contribution is 2.25. The van der Waals surface area contributed by atoms with Crippen molar-refractivity contribution in [1.29, 1.82) is 0 Å². The standard InChI is InChI=1S/C10H10ClN3O2/c1-6-2-3-8(7(11)4-6)15-5-9-13-14-10(12)16-9/h2-4H,5H2,1H3,(H2,12,14). The normalized spacial score (nSPS) is 10.4. The van der Waals surface area contributed by atoms with Crippen LogP contribution < -0.4 is 10.5 Å². The van der Waals surface area contributed by atoms with E-state index in [4.69, 9.17) is 26.5 Å². The molecule has 6 heteroatoms. The minimum absolute atomic E-state index is 0.0219. The first-order chi connectivity index (χ1) is 7.65. The van der Waals surface area contributed by atoms with Crippen LogP contribution >= 0.6 is 11.6 Å². The van der Waals surface area contributed by atoms with Crippen LogP contribution in [0.25, 0.3) is 0 Å². The summed E-state index contributed by atoms with van der Waals surface area (Å²) in [6, 6.07) is 5.54. The van der Waals surface area contributed by atoms with Gasteiger partial charge in [-0.15, -0.1) is 5.10 Å². The predicted octanol–water partition coefficient (Wildman–Crippen LogP) is 2.19. The molecular weight excluding hydrogens is 230 g/mol. The fourth-order valence-corrected chi connectivity index (χ4v) is 1.48. The van der Waals surface area contributed by atoms with Crippen LogP contribution in [-0.4, -0.2) is 10.2 Å². The number of nitrogens with two attached hydrogens (primary N) is 1. The Balaban J connectivity index is 2.04. The molecule has 0 atom stereocenters. The molecular formula is C10H10ClN3O2. The van der Waals surface area contributed by atoms with E-state index in [1.165, 1.54) is 0 Å². The number of rotatable bonds is 3. The van der Waals surface area contributed by atoms with E-state index in [9.17, 15) is 0 Å². The van der Waals surface area contributed by atoms with Crippen LogP contribution in [0.1, 0.15) is 11.5 Å². The summed E-state index contributed by atoms with van der Waals surface area (Å²) in [5.74, 6) is 0.887. The fraction of sp³-hybridized carbons (Fsp3) is 0.200. The predicted molar refractivity (Wildman–Crippen MR) is 59.2 cm³/mol. The number of nitrogen functional groups attached to an aromatic ring is 1. The lowest BCUT2D eigenvalue weighted by atomic mass is 10.2. The van der Waals surface area contributed by atoms with Gasteiger partial charge >= 0.3 is 6.01 Å². The molecule has 0 bridgehead atoms. The highest BCUT2D eigenvalue weighted by molar-refractivity contribution is 6.32. The third-order valence-corrected chi connectivity index (χ3v) is 2.22. The Bertz CT molecular complexity index is 499. The summed E-state index contributed by atoms with van der Waals surface area (Å²) in [6.45, 7) is 2.10. The molecule has 2 N–H and O–H groups in total. The molecule has 0 amide bonds. The van der Waals surface area contributed by atoms with Crippen molar-refractivity contribution < 1.29 is 9.15 Å². The smallest absolute Gasteiger partial charge is 0.312 e. The van der Waals surface area contributed by atoms with E-state index in [2.05, 4.69) is 10.2 Å². The Morgan fingerprint density at radius 2 is 2.25 bits per heavy atom. The number of benzene rings is 1. The van der Waals surface area contributed by atoms with Crippen molar-refractivity contribution in [2.45, 2.75) is 13.5 Å². The molecule has 16 heavy (non-hydrogen) atoms. The monoisotopic (exact) mass is 239 g/mol. The van der Waals surface area contributed by atoms with Crippen LogP contribution in [-0.2, 0) is 6.61 Å². The maximum atomic E-state index is 5.98. The SMILES string of the molecule is Cc1ccc(OCc2nnc(N)o2)c(Cl)c1. The molecule has 0 spiro atoms. The van der Waals surface area contributed by atoms with Crippen LogP contribution in [0.3, 0.4) is 0 Å². The molecule has 2 aromatic rings. The Morgan fingerprint density at radius 3 is 2.88 bits per heavy atom. The summed E-state index contributed by atoms with van der Waals surface area (Å²) in [6.07, 6.45) is 0. The lowest BCUT2D eigenvalue weighted by Gasteiger charge is -2.05. The summed E-state index contributed by atoms with van der Waals surface area (Å²) < 4.78 is 10.4. The van der Waals surface area contributed by atoms with Crippen molar-refractivity contribution in [2.75, 3.05) is 5.73 Å². The van der Waals surface area contributed by atoms with Gasteiger partial charge in [-0.3, -0.25) is 0 Å². The molecule has 0 aliphatic heterocycles. The molecule has 2 rings (SSSR count). The largest absolute Gasteiger partial charge is 0.482 e. The first kappa shape index (κ1) is 10.8. The van der Waals surface area contributed by atoms with E-state index in [1.54, 1.807) is 6.07 Å². The van der Waals surface area contributed by atoms with Crippen LogP contribution in [0.15, 0.2) is 22.6 Å². The van der Waals surface area contributed by atoms with Gasteiger partial charge in [-0.2, -0.15) is 0 Å². The molecule has 5 nitrogen and oxygen atoms in total. The Hall–Kier alpha value is -1.75. The van der Waals surface area contributed by atoms with E-state index in [-0.39, 0.29) is 12.6 Å². The maximum absolute atomic E-state index is 5.98. The Labute approximate surface area is 97.2 Å². The number of aryl methyl sites for hydroxylation is 1. The summed E-state index contributed by atoms with van der Waals surface area (Å²) in [5.41, 5.74) is 6.34. The minimum atomic E-state index is 0.0219. The summed E-state index contributed by atoms with van der Waals surface area (Å²) >= 11 is 5.98. The second-order valence-corrected chi connectivity index (χ2v) is 3.66. The quantitative estimate of drug-likeness (QED) is 0.889. The molecule has 84 valence electrons. The number of halogens is 1. The van der Waals surface area contributed by atoms with Gasteiger partial charge in [-0.25, -0.2) is 0 Å². The number of aromatic nitrogens is 2. The number of nitrogens with zero attached hydrogens (tertiary/aromatic N) is 2. The molecule has 0 radical (unpaired) electrons. The minimum Gasteiger partial charge on any atom is -0.482 e. The topological polar surface area (TPSA) is 74.2 Å². The van der Waals surface area contributed by atoms with Crippen molar-refractivity contribution in [3.8, 4) is 5.75 Å². The van der Waals surface area contributed by atoms with Crippen molar-refractivity contribution in [2.24, 2.45) is 0 Å². The van der Waals surface area contributed by atoms with Gasteiger partial charge in [-0.05, 0) is 24.6 Å². The second-order valence-electron chi connectivity index (χ2n) is 3.26. The molecule has 0 aliphatic rings. The Kier molecular flexibility index (Phi) is 2.96.